The lowest BCUT2D eigenvalue weighted by atomic mass is 10.2. The first-order valence-electron chi connectivity index (χ1n) is 4.55. The summed E-state index contributed by atoms with van der Waals surface area (Å²) in [6, 6.07) is 7.49. The number of benzene rings is 1. The average molecular weight is 176 g/mol. The van der Waals surface area contributed by atoms with Crippen LogP contribution in [0.15, 0.2) is 24.3 Å². The lowest BCUT2D eigenvalue weighted by Crippen LogP contribution is -2.21. The molecule has 0 saturated carbocycles. The Balaban J connectivity index is 2.83. The highest BCUT2D eigenvalue weighted by molar-refractivity contribution is 5.76. The second-order valence-electron chi connectivity index (χ2n) is 2.82. The average Bonchev–Trinajstić information content (AvgIpc) is 2.21. The molecule has 0 amide bonds. The minimum atomic E-state index is 0.607. The molecule has 1 aromatic carbocycles. The fourth-order valence-electron chi connectivity index (χ4n) is 1.33. The largest absolute Gasteiger partial charge is 0.372 e. The van der Waals surface area contributed by atoms with Crippen LogP contribution in [0.3, 0.4) is 0 Å². The molecule has 13 heavy (non-hydrogen) atoms. The standard InChI is InChI=1S/C11H14NO/c1-3-12(4-2)11-7-5-10(9-13)6-8-11/h5-8H,3-4H2,1-2H3. The molecule has 0 fully saturated rings. The van der Waals surface area contributed by atoms with Gasteiger partial charge in [0.1, 0.15) is 0 Å². The van der Waals surface area contributed by atoms with Gasteiger partial charge in [-0.1, -0.05) is 0 Å². The van der Waals surface area contributed by atoms with Gasteiger partial charge in [0, 0.05) is 24.3 Å². The summed E-state index contributed by atoms with van der Waals surface area (Å²) in [4.78, 5) is 12.5. The van der Waals surface area contributed by atoms with Crippen molar-refractivity contribution in [2.75, 3.05) is 18.0 Å². The van der Waals surface area contributed by atoms with Crippen molar-refractivity contribution in [3.63, 3.8) is 0 Å². The number of anilines is 1. The van der Waals surface area contributed by atoms with E-state index >= 15 is 0 Å². The summed E-state index contributed by atoms with van der Waals surface area (Å²) < 4.78 is 0. The first kappa shape index (κ1) is 9.78. The SMILES string of the molecule is CCN(CC)c1ccc([C]=O)cc1. The molecule has 1 radical (unpaired) electrons. The third-order valence-electron chi connectivity index (χ3n) is 2.11. The highest BCUT2D eigenvalue weighted by atomic mass is 16.1. The Hall–Kier alpha value is -1.31. The maximum Gasteiger partial charge on any atom is 0.233 e. The lowest BCUT2D eigenvalue weighted by Gasteiger charge is -2.20. The van der Waals surface area contributed by atoms with Crippen molar-refractivity contribution in [1.82, 2.24) is 0 Å². The molecule has 1 aromatic rings. The number of hydrogen-bond acceptors (Lipinski definition) is 2. The van der Waals surface area contributed by atoms with Gasteiger partial charge in [-0.3, -0.25) is 4.79 Å². The van der Waals surface area contributed by atoms with E-state index in [-0.39, 0.29) is 0 Å². The molecule has 0 aliphatic rings. The highest BCUT2D eigenvalue weighted by Crippen LogP contribution is 2.13. The van der Waals surface area contributed by atoms with Gasteiger partial charge in [-0.25, -0.2) is 0 Å². The maximum atomic E-state index is 10.3. The quantitative estimate of drug-likeness (QED) is 0.699. The van der Waals surface area contributed by atoms with Gasteiger partial charge in [0.15, 0.2) is 0 Å². The zero-order valence-corrected chi connectivity index (χ0v) is 8.08. The second kappa shape index (κ2) is 4.65. The summed E-state index contributed by atoms with van der Waals surface area (Å²) in [6.45, 7) is 6.20. The summed E-state index contributed by atoms with van der Waals surface area (Å²) in [5, 5.41) is 0. The molecule has 2 heteroatoms. The molecule has 0 aliphatic heterocycles. The third-order valence-corrected chi connectivity index (χ3v) is 2.11. The zero-order chi connectivity index (χ0) is 9.68. The summed E-state index contributed by atoms with van der Waals surface area (Å²) in [6.07, 6.45) is 1.86. The van der Waals surface area contributed by atoms with Gasteiger partial charge in [-0.15, -0.1) is 0 Å². The Labute approximate surface area is 79.2 Å². The van der Waals surface area contributed by atoms with Crippen molar-refractivity contribution in [3.05, 3.63) is 29.8 Å². The van der Waals surface area contributed by atoms with Crippen LogP contribution < -0.4 is 4.90 Å². The fraction of sp³-hybridized carbons (Fsp3) is 0.364. The van der Waals surface area contributed by atoms with Crippen LogP contribution in [0.4, 0.5) is 5.69 Å². The molecule has 0 N–H and O–H groups in total. The monoisotopic (exact) mass is 176 g/mol. The minimum Gasteiger partial charge on any atom is -0.372 e. The third kappa shape index (κ3) is 2.31. The van der Waals surface area contributed by atoms with E-state index in [1.54, 1.807) is 12.1 Å². The number of rotatable bonds is 4. The predicted molar refractivity (Wildman–Crippen MR) is 54.8 cm³/mol. The Bertz CT molecular complexity index is 262. The van der Waals surface area contributed by atoms with Crippen LogP contribution >= 0.6 is 0 Å². The zero-order valence-electron chi connectivity index (χ0n) is 8.08. The van der Waals surface area contributed by atoms with Gasteiger partial charge < -0.3 is 4.90 Å². The molecular weight excluding hydrogens is 162 g/mol. The van der Waals surface area contributed by atoms with Crippen molar-refractivity contribution in [1.29, 1.82) is 0 Å². The first-order valence-corrected chi connectivity index (χ1v) is 4.55. The molecule has 0 unspecified atom stereocenters. The van der Waals surface area contributed by atoms with Crippen LogP contribution in [0.1, 0.15) is 19.4 Å². The molecule has 0 aliphatic carbocycles. The van der Waals surface area contributed by atoms with Crippen molar-refractivity contribution in [2.45, 2.75) is 13.8 Å². The summed E-state index contributed by atoms with van der Waals surface area (Å²) in [5.41, 5.74) is 1.76. The van der Waals surface area contributed by atoms with Crippen molar-refractivity contribution in [2.24, 2.45) is 0 Å². The van der Waals surface area contributed by atoms with Crippen molar-refractivity contribution >= 4 is 12.0 Å². The van der Waals surface area contributed by atoms with Crippen molar-refractivity contribution in [3.8, 4) is 0 Å². The van der Waals surface area contributed by atoms with Crippen LogP contribution in [-0.2, 0) is 4.79 Å². The van der Waals surface area contributed by atoms with Crippen LogP contribution in [-0.4, -0.2) is 19.4 Å². The predicted octanol–water partition coefficient (Wildman–Crippen LogP) is 1.99. The number of nitrogens with zero attached hydrogens (tertiary/aromatic N) is 1. The molecular formula is C11H14NO. The van der Waals surface area contributed by atoms with E-state index in [4.69, 9.17) is 0 Å². The Morgan fingerprint density at radius 2 is 1.69 bits per heavy atom. The molecule has 0 saturated heterocycles. The summed E-state index contributed by atoms with van der Waals surface area (Å²) in [5.74, 6) is 0. The van der Waals surface area contributed by atoms with Gasteiger partial charge >= 0.3 is 0 Å². The minimum absolute atomic E-state index is 0.607. The van der Waals surface area contributed by atoms with E-state index in [0.717, 1.165) is 18.8 Å². The van der Waals surface area contributed by atoms with Crippen LogP contribution in [0, 0.1) is 0 Å². The van der Waals surface area contributed by atoms with Crippen LogP contribution in [0.2, 0.25) is 0 Å². The van der Waals surface area contributed by atoms with E-state index in [1.165, 1.54) is 0 Å². The van der Waals surface area contributed by atoms with Gasteiger partial charge in [-0.05, 0) is 38.1 Å². The highest BCUT2D eigenvalue weighted by Gasteiger charge is 2.00. The number of carbonyl (C=O) groups excluding carboxylic acids is 1. The van der Waals surface area contributed by atoms with E-state index in [1.807, 2.05) is 18.4 Å². The van der Waals surface area contributed by atoms with Gasteiger partial charge in [0.25, 0.3) is 0 Å². The first-order chi connectivity index (χ1) is 6.31. The Morgan fingerprint density at radius 1 is 1.15 bits per heavy atom. The summed E-state index contributed by atoms with van der Waals surface area (Å²) in [7, 11) is 0. The van der Waals surface area contributed by atoms with Crippen LogP contribution in [0.25, 0.3) is 0 Å². The molecule has 2 nitrogen and oxygen atoms in total. The maximum absolute atomic E-state index is 10.3. The smallest absolute Gasteiger partial charge is 0.233 e. The molecule has 0 aromatic heterocycles. The molecule has 0 atom stereocenters. The van der Waals surface area contributed by atoms with Crippen molar-refractivity contribution < 1.29 is 4.79 Å². The topological polar surface area (TPSA) is 20.3 Å². The second-order valence-corrected chi connectivity index (χ2v) is 2.82. The molecule has 0 bridgehead atoms. The fourth-order valence-corrected chi connectivity index (χ4v) is 1.33. The molecule has 1 rings (SSSR count). The normalized spacial score (nSPS) is 9.69. The molecule has 0 spiro atoms. The number of hydrogen-bond donors (Lipinski definition) is 0. The lowest BCUT2D eigenvalue weighted by molar-refractivity contribution is 0.563. The Morgan fingerprint density at radius 3 is 2.08 bits per heavy atom. The van der Waals surface area contributed by atoms with E-state index in [0.29, 0.717) is 5.56 Å². The van der Waals surface area contributed by atoms with Gasteiger partial charge in [-0.2, -0.15) is 0 Å². The van der Waals surface area contributed by atoms with Gasteiger partial charge in [0.05, 0.1) is 0 Å². The Kier molecular flexibility index (Phi) is 3.50. The van der Waals surface area contributed by atoms with E-state index in [2.05, 4.69) is 18.7 Å². The molecule has 69 valence electrons. The molecule has 0 heterocycles. The van der Waals surface area contributed by atoms with E-state index < -0.39 is 0 Å². The van der Waals surface area contributed by atoms with Gasteiger partial charge in [0.2, 0.25) is 6.29 Å². The summed E-state index contributed by atoms with van der Waals surface area (Å²) >= 11 is 0. The van der Waals surface area contributed by atoms with Crippen LogP contribution in [0.5, 0.6) is 0 Å². The van der Waals surface area contributed by atoms with E-state index in [9.17, 15) is 4.79 Å².